The summed E-state index contributed by atoms with van der Waals surface area (Å²) < 4.78 is 50.8. The van der Waals surface area contributed by atoms with Crippen LogP contribution in [0, 0.1) is 6.92 Å². The lowest BCUT2D eigenvalue weighted by Gasteiger charge is -2.20. The van der Waals surface area contributed by atoms with E-state index < -0.39 is 12.4 Å². The average molecular weight is 299 g/mol. The minimum absolute atomic E-state index is 0.104. The van der Waals surface area contributed by atoms with Gasteiger partial charge in [-0.25, -0.2) is 0 Å². The first-order chi connectivity index (χ1) is 9.90. The fraction of sp³-hybridized carbons (Fsp3) is 0.308. The standard InChI is InChI=1S/C13H15BF3N2O2/c1-10-8-18-19(9-10)5-6-21-13-4-3-11(20-2)7-12(13)14(15,16)17/h3-4,7-9H,5-6H2,1-2H3/q-1. The molecule has 0 unspecified atom stereocenters. The second-order valence-electron chi connectivity index (χ2n) is 4.61. The summed E-state index contributed by atoms with van der Waals surface area (Å²) in [5.74, 6) is -0.0357. The van der Waals surface area contributed by atoms with Gasteiger partial charge in [-0.3, -0.25) is 4.68 Å². The summed E-state index contributed by atoms with van der Waals surface area (Å²) >= 11 is 0. The Labute approximate surface area is 120 Å². The summed E-state index contributed by atoms with van der Waals surface area (Å²) in [6.07, 6.45) is 3.48. The third-order valence-corrected chi connectivity index (χ3v) is 2.91. The van der Waals surface area contributed by atoms with E-state index in [1.165, 1.54) is 19.2 Å². The Hall–Kier alpha value is -2.12. The predicted octanol–water partition coefficient (Wildman–Crippen LogP) is 2.33. The smallest absolute Gasteiger partial charge is 0.497 e. The Balaban J connectivity index is 2.08. The van der Waals surface area contributed by atoms with Gasteiger partial charge < -0.3 is 22.4 Å². The molecule has 1 aromatic carbocycles. The Morgan fingerprint density at radius 3 is 2.62 bits per heavy atom. The average Bonchev–Trinajstić information content (AvgIpc) is 2.83. The van der Waals surface area contributed by atoms with E-state index in [0.717, 1.165) is 11.6 Å². The number of nitrogens with zero attached hydrogens (tertiary/aromatic N) is 2. The van der Waals surface area contributed by atoms with Gasteiger partial charge in [-0.15, -0.1) is 0 Å². The van der Waals surface area contributed by atoms with Crippen LogP contribution >= 0.6 is 0 Å². The molecule has 0 saturated heterocycles. The summed E-state index contributed by atoms with van der Waals surface area (Å²) in [7, 11) is 1.32. The highest BCUT2D eigenvalue weighted by Gasteiger charge is 2.29. The van der Waals surface area contributed by atoms with Gasteiger partial charge in [-0.05, 0) is 30.7 Å². The van der Waals surface area contributed by atoms with Crippen molar-refractivity contribution in [3.8, 4) is 11.5 Å². The Morgan fingerprint density at radius 2 is 2.05 bits per heavy atom. The maximum atomic E-state index is 13.0. The van der Waals surface area contributed by atoms with Gasteiger partial charge in [0.15, 0.2) is 0 Å². The van der Waals surface area contributed by atoms with Crippen molar-refractivity contribution in [1.82, 2.24) is 9.78 Å². The summed E-state index contributed by atoms with van der Waals surface area (Å²) in [4.78, 5) is 0. The first kappa shape index (κ1) is 15.3. The van der Waals surface area contributed by atoms with Crippen LogP contribution in [0.15, 0.2) is 30.6 Å². The van der Waals surface area contributed by atoms with Crippen LogP contribution in [0.5, 0.6) is 11.5 Å². The van der Waals surface area contributed by atoms with Crippen LogP contribution in [-0.2, 0) is 6.54 Å². The highest BCUT2D eigenvalue weighted by atomic mass is 19.4. The quantitative estimate of drug-likeness (QED) is 0.768. The molecule has 0 aliphatic heterocycles. The summed E-state index contributed by atoms with van der Waals surface area (Å²) in [6, 6.07) is 3.67. The van der Waals surface area contributed by atoms with Crippen molar-refractivity contribution in [2.24, 2.45) is 0 Å². The Bertz CT molecular complexity index is 614. The predicted molar refractivity (Wildman–Crippen MR) is 74.2 cm³/mol. The monoisotopic (exact) mass is 299 g/mol. The van der Waals surface area contributed by atoms with E-state index >= 15 is 0 Å². The van der Waals surface area contributed by atoms with Gasteiger partial charge in [-0.1, -0.05) is 5.46 Å². The molecule has 2 rings (SSSR count). The molecular formula is C13H15BF3N2O2-. The third kappa shape index (κ3) is 3.93. The molecule has 0 N–H and O–H groups in total. The summed E-state index contributed by atoms with van der Waals surface area (Å²) in [5, 5.41) is 4.04. The Morgan fingerprint density at radius 1 is 1.29 bits per heavy atom. The SMILES string of the molecule is COc1ccc(OCCn2cc(C)cn2)c([B-](F)(F)F)c1. The molecular weight excluding hydrogens is 284 g/mol. The van der Waals surface area contributed by atoms with Crippen molar-refractivity contribution >= 4 is 12.4 Å². The van der Waals surface area contributed by atoms with Gasteiger partial charge >= 0.3 is 6.98 Å². The number of aromatic nitrogens is 2. The van der Waals surface area contributed by atoms with E-state index in [9.17, 15) is 12.9 Å². The zero-order valence-corrected chi connectivity index (χ0v) is 11.7. The largest absolute Gasteiger partial charge is 0.513 e. The maximum absolute atomic E-state index is 13.0. The number of hydrogen-bond acceptors (Lipinski definition) is 3. The van der Waals surface area contributed by atoms with E-state index in [2.05, 4.69) is 5.10 Å². The van der Waals surface area contributed by atoms with Crippen LogP contribution in [0.3, 0.4) is 0 Å². The van der Waals surface area contributed by atoms with Gasteiger partial charge in [-0.2, -0.15) is 5.10 Å². The first-order valence-electron chi connectivity index (χ1n) is 6.40. The lowest BCUT2D eigenvalue weighted by atomic mass is 9.79. The fourth-order valence-electron chi connectivity index (χ4n) is 1.88. The molecule has 8 heteroatoms. The topological polar surface area (TPSA) is 36.3 Å². The minimum Gasteiger partial charge on any atom is -0.497 e. The van der Waals surface area contributed by atoms with E-state index in [1.807, 2.05) is 6.92 Å². The number of hydrogen-bond donors (Lipinski definition) is 0. The van der Waals surface area contributed by atoms with Crippen molar-refractivity contribution in [2.75, 3.05) is 13.7 Å². The van der Waals surface area contributed by atoms with Gasteiger partial charge in [0.25, 0.3) is 0 Å². The van der Waals surface area contributed by atoms with E-state index in [0.29, 0.717) is 6.54 Å². The fourth-order valence-corrected chi connectivity index (χ4v) is 1.88. The molecule has 0 atom stereocenters. The molecule has 2 aromatic rings. The summed E-state index contributed by atoms with van der Waals surface area (Å²) in [6.45, 7) is -2.79. The molecule has 0 aliphatic carbocycles. The number of halogens is 3. The molecule has 0 aliphatic rings. The number of benzene rings is 1. The van der Waals surface area contributed by atoms with E-state index in [-0.39, 0.29) is 18.1 Å². The second kappa shape index (κ2) is 6.11. The second-order valence-corrected chi connectivity index (χ2v) is 4.61. The highest BCUT2D eigenvalue weighted by Crippen LogP contribution is 2.22. The number of rotatable bonds is 6. The molecule has 1 aromatic heterocycles. The molecule has 114 valence electrons. The van der Waals surface area contributed by atoms with Gasteiger partial charge in [0.2, 0.25) is 0 Å². The van der Waals surface area contributed by atoms with Crippen LogP contribution in [0.2, 0.25) is 0 Å². The van der Waals surface area contributed by atoms with Crippen LogP contribution in [0.1, 0.15) is 5.56 Å². The lowest BCUT2D eigenvalue weighted by molar-refractivity contribution is 0.291. The lowest BCUT2D eigenvalue weighted by Crippen LogP contribution is -2.35. The normalized spacial score (nSPS) is 11.5. The molecule has 0 saturated carbocycles. The van der Waals surface area contributed by atoms with Crippen LogP contribution in [0.4, 0.5) is 12.9 Å². The van der Waals surface area contributed by atoms with E-state index in [1.54, 1.807) is 17.1 Å². The third-order valence-electron chi connectivity index (χ3n) is 2.91. The zero-order valence-electron chi connectivity index (χ0n) is 11.7. The van der Waals surface area contributed by atoms with Crippen molar-refractivity contribution in [1.29, 1.82) is 0 Å². The van der Waals surface area contributed by atoms with Crippen LogP contribution < -0.4 is 14.9 Å². The van der Waals surface area contributed by atoms with Crippen molar-refractivity contribution < 1.29 is 22.4 Å². The molecule has 0 spiro atoms. The molecule has 0 bridgehead atoms. The molecule has 0 fully saturated rings. The van der Waals surface area contributed by atoms with E-state index in [4.69, 9.17) is 9.47 Å². The highest BCUT2D eigenvalue weighted by molar-refractivity contribution is 6.74. The molecule has 0 amide bonds. The van der Waals surface area contributed by atoms with Crippen molar-refractivity contribution in [3.05, 3.63) is 36.2 Å². The van der Waals surface area contributed by atoms with Gasteiger partial charge in [0, 0.05) is 6.20 Å². The maximum Gasteiger partial charge on any atom is 0.513 e. The van der Waals surface area contributed by atoms with Crippen LogP contribution in [0.25, 0.3) is 0 Å². The van der Waals surface area contributed by atoms with Gasteiger partial charge in [0.1, 0.15) is 12.4 Å². The van der Waals surface area contributed by atoms with Crippen LogP contribution in [-0.4, -0.2) is 30.5 Å². The molecule has 4 nitrogen and oxygen atoms in total. The number of ether oxygens (including phenoxy) is 2. The Kier molecular flexibility index (Phi) is 4.45. The van der Waals surface area contributed by atoms with Crippen molar-refractivity contribution in [2.45, 2.75) is 13.5 Å². The number of methoxy groups -OCH3 is 1. The zero-order chi connectivity index (χ0) is 15.5. The summed E-state index contributed by atoms with van der Waals surface area (Å²) in [5.41, 5.74) is 0.199. The minimum atomic E-state index is -5.16. The molecule has 21 heavy (non-hydrogen) atoms. The van der Waals surface area contributed by atoms with Gasteiger partial charge in [0.05, 0.1) is 25.6 Å². The number of aryl methyl sites for hydroxylation is 1. The molecule has 0 radical (unpaired) electrons. The van der Waals surface area contributed by atoms with Crippen molar-refractivity contribution in [3.63, 3.8) is 0 Å². The molecule has 1 heterocycles. The first-order valence-corrected chi connectivity index (χ1v) is 6.40.